The monoisotopic (exact) mass is 263 g/mol. The van der Waals surface area contributed by atoms with E-state index in [0.717, 1.165) is 32.1 Å². The molecule has 1 aromatic heterocycles. The van der Waals surface area contributed by atoms with Crippen molar-refractivity contribution in [3.8, 4) is 0 Å². The van der Waals surface area contributed by atoms with Gasteiger partial charge in [0.25, 0.3) is 0 Å². The van der Waals surface area contributed by atoms with Crippen LogP contribution in [0, 0.1) is 0 Å². The zero-order valence-electron chi connectivity index (χ0n) is 12.4. The van der Waals surface area contributed by atoms with E-state index in [9.17, 15) is 0 Å². The Hall–Kier alpha value is -1.13. The molecule has 0 bridgehead atoms. The van der Waals surface area contributed by atoms with Crippen LogP contribution in [0.15, 0.2) is 18.3 Å². The van der Waals surface area contributed by atoms with E-state index in [1.807, 2.05) is 12.3 Å². The van der Waals surface area contributed by atoms with E-state index in [2.05, 4.69) is 49.0 Å². The molecule has 4 nitrogen and oxygen atoms in total. The topological polar surface area (TPSA) is 37.4 Å². The lowest BCUT2D eigenvalue weighted by Gasteiger charge is -2.39. The number of aromatic nitrogens is 1. The number of hydrogen-bond donors (Lipinski definition) is 1. The number of ether oxygens (including phenoxy) is 1. The van der Waals surface area contributed by atoms with Crippen molar-refractivity contribution in [2.75, 3.05) is 24.6 Å². The maximum atomic E-state index is 5.77. The van der Waals surface area contributed by atoms with Crippen molar-refractivity contribution in [2.45, 2.75) is 45.9 Å². The molecule has 1 fully saturated rings. The van der Waals surface area contributed by atoms with Crippen molar-refractivity contribution in [2.24, 2.45) is 0 Å². The maximum absolute atomic E-state index is 5.77. The SMILES string of the molecule is CC(C)NCc1cccnc1N1CCOC(C)(C)C1. The van der Waals surface area contributed by atoms with Gasteiger partial charge in [0.15, 0.2) is 0 Å². The highest BCUT2D eigenvalue weighted by Crippen LogP contribution is 2.24. The molecule has 2 heterocycles. The lowest BCUT2D eigenvalue weighted by molar-refractivity contribution is -0.0279. The van der Waals surface area contributed by atoms with Crippen molar-refractivity contribution >= 4 is 5.82 Å². The Morgan fingerprint density at radius 1 is 1.47 bits per heavy atom. The quantitative estimate of drug-likeness (QED) is 0.903. The van der Waals surface area contributed by atoms with Crippen LogP contribution >= 0.6 is 0 Å². The summed E-state index contributed by atoms with van der Waals surface area (Å²) >= 11 is 0. The van der Waals surface area contributed by atoms with Crippen molar-refractivity contribution in [3.63, 3.8) is 0 Å². The molecule has 4 heteroatoms. The van der Waals surface area contributed by atoms with E-state index in [1.54, 1.807) is 0 Å². The fourth-order valence-electron chi connectivity index (χ4n) is 2.36. The van der Waals surface area contributed by atoms with E-state index in [4.69, 9.17) is 4.74 Å². The lowest BCUT2D eigenvalue weighted by Crippen LogP contribution is -2.49. The van der Waals surface area contributed by atoms with Gasteiger partial charge in [0, 0.05) is 37.4 Å². The van der Waals surface area contributed by atoms with Crippen molar-refractivity contribution in [1.82, 2.24) is 10.3 Å². The summed E-state index contributed by atoms with van der Waals surface area (Å²) in [6.45, 7) is 12.0. The van der Waals surface area contributed by atoms with Gasteiger partial charge in [-0.15, -0.1) is 0 Å². The minimum atomic E-state index is -0.0987. The molecule has 106 valence electrons. The largest absolute Gasteiger partial charge is 0.372 e. The molecule has 0 atom stereocenters. The molecule has 0 amide bonds. The molecule has 0 spiro atoms. The highest BCUT2D eigenvalue weighted by molar-refractivity contribution is 5.47. The number of morpholine rings is 1. The Balaban J connectivity index is 2.14. The average Bonchev–Trinajstić information content (AvgIpc) is 2.35. The number of anilines is 1. The van der Waals surface area contributed by atoms with Crippen LogP contribution in [0.2, 0.25) is 0 Å². The summed E-state index contributed by atoms with van der Waals surface area (Å²) in [5, 5.41) is 3.46. The molecule has 0 aromatic carbocycles. The fraction of sp³-hybridized carbons (Fsp3) is 0.667. The Morgan fingerprint density at radius 2 is 2.26 bits per heavy atom. The molecule has 0 aliphatic carbocycles. The third kappa shape index (κ3) is 3.91. The standard InChI is InChI=1S/C15H25N3O/c1-12(2)17-10-13-6-5-7-16-14(13)18-8-9-19-15(3,4)11-18/h5-7,12,17H,8-11H2,1-4H3. The zero-order chi connectivity index (χ0) is 13.9. The minimum absolute atomic E-state index is 0.0987. The third-order valence-electron chi connectivity index (χ3n) is 3.29. The van der Waals surface area contributed by atoms with Gasteiger partial charge in [-0.1, -0.05) is 19.9 Å². The fourth-order valence-corrected chi connectivity index (χ4v) is 2.36. The summed E-state index contributed by atoms with van der Waals surface area (Å²) in [4.78, 5) is 6.91. The predicted octanol–water partition coefficient (Wildman–Crippen LogP) is 2.19. The molecule has 1 saturated heterocycles. The second-order valence-electron chi connectivity index (χ2n) is 6.05. The van der Waals surface area contributed by atoms with E-state index in [-0.39, 0.29) is 5.60 Å². The Labute approximate surface area is 116 Å². The van der Waals surface area contributed by atoms with Gasteiger partial charge in [0.2, 0.25) is 0 Å². The van der Waals surface area contributed by atoms with E-state index < -0.39 is 0 Å². The molecule has 1 N–H and O–H groups in total. The van der Waals surface area contributed by atoms with Crippen molar-refractivity contribution in [1.29, 1.82) is 0 Å². The van der Waals surface area contributed by atoms with Gasteiger partial charge in [-0.2, -0.15) is 0 Å². The summed E-state index contributed by atoms with van der Waals surface area (Å²) < 4.78 is 5.77. The van der Waals surface area contributed by atoms with Gasteiger partial charge in [-0.05, 0) is 19.9 Å². The van der Waals surface area contributed by atoms with Crippen LogP contribution < -0.4 is 10.2 Å². The summed E-state index contributed by atoms with van der Waals surface area (Å²) in [7, 11) is 0. The first-order valence-electron chi connectivity index (χ1n) is 7.04. The van der Waals surface area contributed by atoms with Gasteiger partial charge >= 0.3 is 0 Å². The summed E-state index contributed by atoms with van der Waals surface area (Å²) in [6.07, 6.45) is 1.87. The first-order valence-corrected chi connectivity index (χ1v) is 7.04. The van der Waals surface area contributed by atoms with Crippen LogP contribution in [0.25, 0.3) is 0 Å². The number of hydrogen-bond acceptors (Lipinski definition) is 4. The maximum Gasteiger partial charge on any atom is 0.133 e. The van der Waals surface area contributed by atoms with E-state index in [1.165, 1.54) is 5.56 Å². The summed E-state index contributed by atoms with van der Waals surface area (Å²) in [6, 6.07) is 4.64. The smallest absolute Gasteiger partial charge is 0.133 e. The van der Waals surface area contributed by atoms with Crippen molar-refractivity contribution < 1.29 is 4.74 Å². The Morgan fingerprint density at radius 3 is 2.95 bits per heavy atom. The molecule has 2 rings (SSSR count). The molecule has 0 radical (unpaired) electrons. The normalized spacial score (nSPS) is 18.9. The molecule has 1 aliphatic heterocycles. The van der Waals surface area contributed by atoms with Crippen LogP contribution in [0.4, 0.5) is 5.82 Å². The van der Waals surface area contributed by atoms with Crippen LogP contribution in [0.5, 0.6) is 0 Å². The average molecular weight is 263 g/mol. The second-order valence-corrected chi connectivity index (χ2v) is 6.05. The Bertz CT molecular complexity index is 418. The number of pyridine rings is 1. The molecular formula is C15H25N3O. The molecule has 1 aromatic rings. The molecular weight excluding hydrogens is 238 g/mol. The van der Waals surface area contributed by atoms with Crippen LogP contribution in [-0.2, 0) is 11.3 Å². The van der Waals surface area contributed by atoms with Gasteiger partial charge in [-0.3, -0.25) is 0 Å². The van der Waals surface area contributed by atoms with Gasteiger partial charge in [0.1, 0.15) is 5.82 Å². The second kappa shape index (κ2) is 5.88. The van der Waals surface area contributed by atoms with E-state index >= 15 is 0 Å². The zero-order valence-corrected chi connectivity index (χ0v) is 12.4. The first kappa shape index (κ1) is 14.3. The predicted molar refractivity (Wildman–Crippen MR) is 78.5 cm³/mol. The molecule has 0 unspecified atom stereocenters. The number of nitrogens with zero attached hydrogens (tertiary/aromatic N) is 2. The number of nitrogens with one attached hydrogen (secondary N) is 1. The summed E-state index contributed by atoms with van der Waals surface area (Å²) in [5.41, 5.74) is 1.16. The Kier molecular flexibility index (Phi) is 4.42. The lowest BCUT2D eigenvalue weighted by atomic mass is 10.1. The molecule has 1 aliphatic rings. The highest BCUT2D eigenvalue weighted by Gasteiger charge is 2.28. The van der Waals surface area contributed by atoms with Crippen LogP contribution in [-0.4, -0.2) is 36.3 Å². The number of rotatable bonds is 4. The third-order valence-corrected chi connectivity index (χ3v) is 3.29. The first-order chi connectivity index (χ1) is 8.98. The summed E-state index contributed by atoms with van der Waals surface area (Å²) in [5.74, 6) is 1.09. The van der Waals surface area contributed by atoms with Gasteiger partial charge in [-0.25, -0.2) is 4.98 Å². The van der Waals surface area contributed by atoms with E-state index in [0.29, 0.717) is 6.04 Å². The van der Waals surface area contributed by atoms with Crippen molar-refractivity contribution in [3.05, 3.63) is 23.9 Å². The minimum Gasteiger partial charge on any atom is -0.372 e. The van der Waals surface area contributed by atoms with Crippen LogP contribution in [0.1, 0.15) is 33.3 Å². The molecule has 19 heavy (non-hydrogen) atoms. The highest BCUT2D eigenvalue weighted by atomic mass is 16.5. The van der Waals surface area contributed by atoms with Crippen LogP contribution in [0.3, 0.4) is 0 Å². The van der Waals surface area contributed by atoms with Gasteiger partial charge in [0.05, 0.1) is 12.2 Å². The molecule has 0 saturated carbocycles. The van der Waals surface area contributed by atoms with Gasteiger partial charge < -0.3 is 15.0 Å².